The zero-order chi connectivity index (χ0) is 8.60. The van der Waals surface area contributed by atoms with Gasteiger partial charge < -0.3 is 10.8 Å². The quantitative estimate of drug-likeness (QED) is 0.688. The van der Waals surface area contributed by atoms with Gasteiger partial charge in [0.15, 0.2) is 0 Å². The molecule has 12 heavy (non-hydrogen) atoms. The number of fused-ring (bicyclic) bond motifs is 1. The molecule has 3 heteroatoms. The minimum atomic E-state index is -0.720. The first kappa shape index (κ1) is 8.23. The Balaban J connectivity index is 2.44. The molecule has 0 fully saturated rings. The highest BCUT2D eigenvalue weighted by Gasteiger charge is 2.33. The van der Waals surface area contributed by atoms with Crippen LogP contribution in [0.4, 0.5) is 0 Å². The van der Waals surface area contributed by atoms with Crippen molar-refractivity contribution in [1.82, 2.24) is 0 Å². The molecular formula is C9H13NOS. The van der Waals surface area contributed by atoms with E-state index in [9.17, 15) is 5.11 Å². The lowest BCUT2D eigenvalue weighted by molar-refractivity contribution is 0.0320. The number of thiophene rings is 1. The van der Waals surface area contributed by atoms with Crippen LogP contribution in [0.2, 0.25) is 0 Å². The molecule has 0 saturated carbocycles. The molecular weight excluding hydrogens is 170 g/mol. The van der Waals surface area contributed by atoms with E-state index in [4.69, 9.17) is 5.73 Å². The molecule has 0 radical (unpaired) electrons. The fourth-order valence-electron chi connectivity index (χ4n) is 1.82. The van der Waals surface area contributed by atoms with Gasteiger partial charge >= 0.3 is 0 Å². The van der Waals surface area contributed by atoms with Gasteiger partial charge in [0.1, 0.15) is 5.60 Å². The molecule has 3 N–H and O–H groups in total. The van der Waals surface area contributed by atoms with Crippen molar-refractivity contribution in [3.05, 3.63) is 21.9 Å². The maximum Gasteiger partial charge on any atom is 0.111 e. The highest BCUT2D eigenvalue weighted by atomic mass is 32.1. The van der Waals surface area contributed by atoms with Gasteiger partial charge in [0.25, 0.3) is 0 Å². The minimum absolute atomic E-state index is 0.348. The summed E-state index contributed by atoms with van der Waals surface area (Å²) in [5.41, 5.74) is 6.14. The highest BCUT2D eigenvalue weighted by molar-refractivity contribution is 7.10. The SMILES string of the molecule is NCC1(O)CCCc2ccsc21. The molecule has 0 aromatic carbocycles. The van der Waals surface area contributed by atoms with E-state index in [2.05, 4.69) is 6.07 Å². The van der Waals surface area contributed by atoms with Crippen LogP contribution >= 0.6 is 11.3 Å². The first-order chi connectivity index (χ1) is 5.76. The number of aryl methyl sites for hydroxylation is 1. The Morgan fingerprint density at radius 2 is 2.50 bits per heavy atom. The smallest absolute Gasteiger partial charge is 0.111 e. The van der Waals surface area contributed by atoms with Crippen molar-refractivity contribution >= 4 is 11.3 Å². The van der Waals surface area contributed by atoms with Crippen LogP contribution in [0.3, 0.4) is 0 Å². The first-order valence-electron chi connectivity index (χ1n) is 4.25. The van der Waals surface area contributed by atoms with Crippen molar-refractivity contribution < 1.29 is 5.11 Å². The average Bonchev–Trinajstić information content (AvgIpc) is 2.54. The molecule has 1 atom stereocenters. The fourth-order valence-corrected chi connectivity index (χ4v) is 2.92. The molecule has 1 aromatic rings. The number of hydrogen-bond donors (Lipinski definition) is 2. The van der Waals surface area contributed by atoms with Crippen LogP contribution in [0.5, 0.6) is 0 Å². The molecule has 1 heterocycles. The molecule has 1 unspecified atom stereocenters. The second-order valence-corrected chi connectivity index (χ2v) is 4.28. The van der Waals surface area contributed by atoms with Crippen molar-refractivity contribution in [2.45, 2.75) is 24.9 Å². The Kier molecular flexibility index (Phi) is 1.94. The summed E-state index contributed by atoms with van der Waals surface area (Å²) in [6, 6.07) is 2.10. The van der Waals surface area contributed by atoms with Crippen molar-refractivity contribution in [2.24, 2.45) is 5.73 Å². The van der Waals surface area contributed by atoms with Crippen molar-refractivity contribution in [3.8, 4) is 0 Å². The summed E-state index contributed by atoms with van der Waals surface area (Å²) in [5.74, 6) is 0. The van der Waals surface area contributed by atoms with E-state index in [1.165, 1.54) is 5.56 Å². The summed E-state index contributed by atoms with van der Waals surface area (Å²) in [5, 5.41) is 12.1. The summed E-state index contributed by atoms with van der Waals surface area (Å²) < 4.78 is 0. The molecule has 2 nitrogen and oxygen atoms in total. The van der Waals surface area contributed by atoms with Gasteiger partial charge in [-0.1, -0.05) is 0 Å². The maximum absolute atomic E-state index is 10.1. The third-order valence-corrected chi connectivity index (χ3v) is 3.69. The number of nitrogens with two attached hydrogens (primary N) is 1. The van der Waals surface area contributed by atoms with Crippen LogP contribution in [0.15, 0.2) is 11.4 Å². The second kappa shape index (κ2) is 2.83. The lowest BCUT2D eigenvalue weighted by atomic mass is 9.85. The van der Waals surface area contributed by atoms with E-state index in [1.54, 1.807) is 11.3 Å². The van der Waals surface area contributed by atoms with E-state index in [0.717, 1.165) is 24.1 Å². The molecule has 0 spiro atoms. The molecule has 0 amide bonds. The molecule has 1 aliphatic rings. The van der Waals surface area contributed by atoms with Crippen LogP contribution < -0.4 is 5.73 Å². The Morgan fingerprint density at radius 1 is 1.67 bits per heavy atom. The van der Waals surface area contributed by atoms with Crippen LogP contribution in [-0.2, 0) is 12.0 Å². The van der Waals surface area contributed by atoms with Crippen LogP contribution in [0.1, 0.15) is 23.3 Å². The minimum Gasteiger partial charge on any atom is -0.383 e. The van der Waals surface area contributed by atoms with Gasteiger partial charge in [0.05, 0.1) is 0 Å². The monoisotopic (exact) mass is 183 g/mol. The van der Waals surface area contributed by atoms with Gasteiger partial charge in [-0.05, 0) is 36.3 Å². The molecule has 1 aromatic heterocycles. The van der Waals surface area contributed by atoms with Gasteiger partial charge in [0.2, 0.25) is 0 Å². The van der Waals surface area contributed by atoms with Gasteiger partial charge in [-0.3, -0.25) is 0 Å². The molecule has 0 aliphatic heterocycles. The van der Waals surface area contributed by atoms with Crippen molar-refractivity contribution in [3.63, 3.8) is 0 Å². The molecule has 0 bridgehead atoms. The van der Waals surface area contributed by atoms with Gasteiger partial charge in [-0.2, -0.15) is 0 Å². The zero-order valence-electron chi connectivity index (χ0n) is 6.92. The highest BCUT2D eigenvalue weighted by Crippen LogP contribution is 2.37. The number of hydrogen-bond acceptors (Lipinski definition) is 3. The van der Waals surface area contributed by atoms with E-state index in [-0.39, 0.29) is 0 Å². The predicted molar refractivity (Wildman–Crippen MR) is 50.2 cm³/mol. The molecule has 0 saturated heterocycles. The van der Waals surface area contributed by atoms with Gasteiger partial charge in [-0.25, -0.2) is 0 Å². The standard InChI is InChI=1S/C9H13NOS/c10-6-9(11)4-1-2-7-3-5-12-8(7)9/h3,5,11H,1-2,4,6,10H2. The molecule has 2 rings (SSSR count). The average molecular weight is 183 g/mol. The number of aliphatic hydroxyl groups is 1. The van der Waals surface area contributed by atoms with Crippen LogP contribution in [-0.4, -0.2) is 11.7 Å². The van der Waals surface area contributed by atoms with Crippen LogP contribution in [0, 0.1) is 0 Å². The summed E-state index contributed by atoms with van der Waals surface area (Å²) in [6.07, 6.45) is 2.97. The lowest BCUT2D eigenvalue weighted by Crippen LogP contribution is -2.36. The van der Waals surface area contributed by atoms with E-state index in [1.807, 2.05) is 5.38 Å². The predicted octanol–water partition coefficient (Wildman–Crippen LogP) is 1.23. The van der Waals surface area contributed by atoms with Crippen LogP contribution in [0.25, 0.3) is 0 Å². The van der Waals surface area contributed by atoms with Crippen molar-refractivity contribution in [2.75, 3.05) is 6.54 Å². The van der Waals surface area contributed by atoms with E-state index in [0.29, 0.717) is 6.54 Å². The lowest BCUT2D eigenvalue weighted by Gasteiger charge is -2.30. The summed E-state index contributed by atoms with van der Waals surface area (Å²) in [7, 11) is 0. The van der Waals surface area contributed by atoms with E-state index < -0.39 is 5.60 Å². The Hall–Kier alpha value is -0.380. The second-order valence-electron chi connectivity index (χ2n) is 3.36. The Bertz CT molecular complexity index is 284. The fraction of sp³-hybridized carbons (Fsp3) is 0.556. The third-order valence-electron chi connectivity index (χ3n) is 2.54. The molecule has 66 valence electrons. The number of rotatable bonds is 1. The van der Waals surface area contributed by atoms with Gasteiger partial charge in [0, 0.05) is 11.4 Å². The zero-order valence-corrected chi connectivity index (χ0v) is 7.73. The summed E-state index contributed by atoms with van der Waals surface area (Å²) in [4.78, 5) is 1.09. The first-order valence-corrected chi connectivity index (χ1v) is 5.13. The van der Waals surface area contributed by atoms with Crippen molar-refractivity contribution in [1.29, 1.82) is 0 Å². The third kappa shape index (κ3) is 1.09. The topological polar surface area (TPSA) is 46.2 Å². The molecule has 1 aliphatic carbocycles. The Labute approximate surface area is 76.0 Å². The normalized spacial score (nSPS) is 28.5. The van der Waals surface area contributed by atoms with E-state index >= 15 is 0 Å². The van der Waals surface area contributed by atoms with Gasteiger partial charge in [-0.15, -0.1) is 11.3 Å². The Morgan fingerprint density at radius 3 is 3.25 bits per heavy atom. The maximum atomic E-state index is 10.1. The largest absolute Gasteiger partial charge is 0.383 e. The summed E-state index contributed by atoms with van der Waals surface area (Å²) in [6.45, 7) is 0.348. The summed E-state index contributed by atoms with van der Waals surface area (Å²) >= 11 is 1.63.